The van der Waals surface area contributed by atoms with Crippen LogP contribution in [0.15, 0.2) is 28.8 Å². The maximum atomic E-state index is 9.90. The number of aliphatic hydroxyl groups excluding tert-OH is 1. The second kappa shape index (κ2) is 11.6. The Balaban J connectivity index is 0.00000144. The fourth-order valence-corrected chi connectivity index (χ4v) is 5.65. The van der Waals surface area contributed by atoms with Crippen LogP contribution in [0.3, 0.4) is 0 Å². The van der Waals surface area contributed by atoms with Crippen LogP contribution >= 0.6 is 22.7 Å². The number of rotatable bonds is 8. The molecule has 0 spiro atoms. The number of morpholine rings is 1. The van der Waals surface area contributed by atoms with Gasteiger partial charge in [-0.15, -0.1) is 5.10 Å². The van der Waals surface area contributed by atoms with E-state index in [2.05, 4.69) is 15.0 Å². The first-order chi connectivity index (χ1) is 18.6. The molecule has 202 valence electrons. The van der Waals surface area contributed by atoms with Crippen molar-refractivity contribution in [3.05, 3.63) is 35.0 Å². The smallest absolute Gasteiger partial charge is 0.294 e. The van der Waals surface area contributed by atoms with Gasteiger partial charge in [-0.25, -0.2) is 14.5 Å². The fraction of sp³-hybridized carbons (Fsp3) is 0.400. The van der Waals surface area contributed by atoms with Crippen LogP contribution in [0.4, 0.5) is 5.13 Å². The molecular formula is C25H29N5O6S2. The molecule has 0 bridgehead atoms. The molecule has 0 amide bonds. The minimum Gasteiger partial charge on any atom is -0.496 e. The summed E-state index contributed by atoms with van der Waals surface area (Å²) >= 11 is 2.83. The maximum Gasteiger partial charge on any atom is 0.294 e. The Morgan fingerprint density at radius 3 is 2.58 bits per heavy atom. The lowest BCUT2D eigenvalue weighted by Gasteiger charge is -2.26. The van der Waals surface area contributed by atoms with E-state index in [1.165, 1.54) is 22.7 Å². The van der Waals surface area contributed by atoms with Crippen LogP contribution in [0.25, 0.3) is 27.4 Å². The van der Waals surface area contributed by atoms with Crippen molar-refractivity contribution < 1.29 is 28.5 Å². The summed E-state index contributed by atoms with van der Waals surface area (Å²) in [5, 5.41) is 16.4. The van der Waals surface area contributed by atoms with Gasteiger partial charge in [0, 0.05) is 25.2 Å². The van der Waals surface area contributed by atoms with E-state index in [1.54, 1.807) is 24.9 Å². The molecule has 1 fully saturated rings. The Labute approximate surface area is 227 Å². The van der Waals surface area contributed by atoms with Crippen molar-refractivity contribution in [2.75, 3.05) is 45.4 Å². The molecule has 5 heterocycles. The second-order valence-electron chi connectivity index (χ2n) is 7.99. The summed E-state index contributed by atoms with van der Waals surface area (Å²) in [4.78, 5) is 13.0. The second-order valence-corrected chi connectivity index (χ2v) is 9.97. The van der Waals surface area contributed by atoms with Gasteiger partial charge in [0.05, 0.1) is 56.2 Å². The fourth-order valence-electron chi connectivity index (χ4n) is 3.97. The van der Waals surface area contributed by atoms with Crippen molar-refractivity contribution in [1.82, 2.24) is 19.6 Å². The highest BCUT2D eigenvalue weighted by Crippen LogP contribution is 2.38. The molecule has 1 aliphatic heterocycles. The molecule has 1 aromatic carbocycles. The first-order valence-electron chi connectivity index (χ1n) is 12.2. The Kier molecular flexibility index (Phi) is 7.98. The van der Waals surface area contributed by atoms with Crippen LogP contribution in [0.5, 0.6) is 16.7 Å². The van der Waals surface area contributed by atoms with Gasteiger partial charge in [-0.1, -0.05) is 25.2 Å². The number of nitrogens with zero attached hydrogens (tertiary/aromatic N) is 5. The molecule has 4 aromatic heterocycles. The number of ether oxygens (including phenoxy) is 4. The molecule has 11 nitrogen and oxygen atoms in total. The minimum atomic E-state index is -0.0969. The van der Waals surface area contributed by atoms with E-state index in [0.29, 0.717) is 57.6 Å². The summed E-state index contributed by atoms with van der Waals surface area (Å²) in [5.74, 6) is 1.77. The third kappa shape index (κ3) is 5.14. The van der Waals surface area contributed by atoms with Crippen LogP contribution in [0, 0.1) is 0 Å². The Morgan fingerprint density at radius 2 is 1.87 bits per heavy atom. The van der Waals surface area contributed by atoms with Gasteiger partial charge in [-0.05, 0) is 17.4 Å². The number of furan rings is 1. The van der Waals surface area contributed by atoms with Crippen molar-refractivity contribution in [3.63, 3.8) is 0 Å². The van der Waals surface area contributed by atoms with Crippen molar-refractivity contribution in [3.8, 4) is 28.1 Å². The Morgan fingerprint density at radius 1 is 1.05 bits per heavy atom. The molecule has 0 atom stereocenters. The highest BCUT2D eigenvalue weighted by atomic mass is 32.1. The SMILES string of the molecule is CC.COc1cc(OCc2nc(N3CCOCC3)sc2CO)c2cc(-c3cn4nc(OC)sc4n3)oc2c1. The molecule has 5 aromatic rings. The molecule has 38 heavy (non-hydrogen) atoms. The molecule has 0 unspecified atom stereocenters. The van der Waals surface area contributed by atoms with E-state index in [1.807, 2.05) is 32.0 Å². The van der Waals surface area contributed by atoms with Crippen LogP contribution in [-0.2, 0) is 18.0 Å². The van der Waals surface area contributed by atoms with Crippen LogP contribution < -0.4 is 19.1 Å². The normalized spacial score (nSPS) is 13.6. The number of aliphatic hydroxyl groups is 1. The molecule has 1 aliphatic rings. The number of thiazole rings is 1. The molecule has 0 saturated carbocycles. The van der Waals surface area contributed by atoms with Gasteiger partial charge in [0.15, 0.2) is 10.9 Å². The van der Waals surface area contributed by atoms with E-state index >= 15 is 0 Å². The first-order valence-corrected chi connectivity index (χ1v) is 13.9. The highest BCUT2D eigenvalue weighted by molar-refractivity contribution is 7.18. The summed E-state index contributed by atoms with van der Waals surface area (Å²) in [6.07, 6.45) is 1.79. The number of imidazole rings is 1. The van der Waals surface area contributed by atoms with Crippen LogP contribution in [0.2, 0.25) is 0 Å². The molecule has 1 saturated heterocycles. The van der Waals surface area contributed by atoms with E-state index in [-0.39, 0.29) is 13.2 Å². The molecule has 6 rings (SSSR count). The number of hydrogen-bond acceptors (Lipinski definition) is 12. The average molecular weight is 560 g/mol. The van der Waals surface area contributed by atoms with Gasteiger partial charge in [0.1, 0.15) is 29.4 Å². The highest BCUT2D eigenvalue weighted by Gasteiger charge is 2.20. The lowest BCUT2D eigenvalue weighted by molar-refractivity contribution is 0.122. The van der Waals surface area contributed by atoms with Crippen LogP contribution in [0.1, 0.15) is 24.4 Å². The number of aromatic nitrogens is 4. The molecule has 13 heteroatoms. The summed E-state index contributed by atoms with van der Waals surface area (Å²) in [6.45, 7) is 7.00. The number of anilines is 1. The zero-order valence-corrected chi connectivity index (χ0v) is 23.2. The lowest BCUT2D eigenvalue weighted by atomic mass is 10.2. The molecule has 1 N–H and O–H groups in total. The average Bonchev–Trinajstić information content (AvgIpc) is 3.74. The summed E-state index contributed by atoms with van der Waals surface area (Å²) in [6, 6.07) is 5.51. The zero-order valence-electron chi connectivity index (χ0n) is 21.6. The van der Waals surface area contributed by atoms with Crippen molar-refractivity contribution >= 4 is 43.7 Å². The van der Waals surface area contributed by atoms with Crippen molar-refractivity contribution in [1.29, 1.82) is 0 Å². The first kappa shape index (κ1) is 26.2. The van der Waals surface area contributed by atoms with E-state index in [9.17, 15) is 5.11 Å². The summed E-state index contributed by atoms with van der Waals surface area (Å²) in [7, 11) is 3.17. The number of benzene rings is 1. The monoisotopic (exact) mass is 559 g/mol. The Bertz CT molecular complexity index is 1490. The summed E-state index contributed by atoms with van der Waals surface area (Å²) in [5.41, 5.74) is 1.96. The quantitative estimate of drug-likeness (QED) is 0.289. The van der Waals surface area contributed by atoms with Gasteiger partial charge in [0.2, 0.25) is 4.96 Å². The van der Waals surface area contributed by atoms with Gasteiger partial charge in [0.25, 0.3) is 5.19 Å². The van der Waals surface area contributed by atoms with E-state index < -0.39 is 0 Å². The molecule has 0 radical (unpaired) electrons. The third-order valence-electron chi connectivity index (χ3n) is 5.82. The van der Waals surface area contributed by atoms with Crippen molar-refractivity contribution in [2.24, 2.45) is 0 Å². The predicted octanol–water partition coefficient (Wildman–Crippen LogP) is 4.61. The topological polar surface area (TPSA) is 117 Å². The maximum absolute atomic E-state index is 9.90. The van der Waals surface area contributed by atoms with Crippen LogP contribution in [-0.4, -0.2) is 65.2 Å². The minimum absolute atomic E-state index is 0.0969. The van der Waals surface area contributed by atoms with Gasteiger partial charge in [-0.2, -0.15) is 0 Å². The summed E-state index contributed by atoms with van der Waals surface area (Å²) < 4.78 is 30.1. The van der Waals surface area contributed by atoms with E-state index in [4.69, 9.17) is 28.3 Å². The van der Waals surface area contributed by atoms with Crippen molar-refractivity contribution in [2.45, 2.75) is 27.1 Å². The molecule has 0 aliphatic carbocycles. The standard InChI is InChI=1S/C23H23N5O6S2.C2H6/c1-30-13-7-17(33-12-16-20(11-29)35-21(25-16)27-3-5-32-6-4-27)14-9-19(34-18(14)8-13)15-10-28-22(24-15)36-23(26-28)31-2;1-2/h7-10,29H,3-6,11-12H2,1-2H3;1-2H3. The number of fused-ring (bicyclic) bond motifs is 2. The molecular weight excluding hydrogens is 530 g/mol. The van der Waals surface area contributed by atoms with Gasteiger partial charge < -0.3 is 33.4 Å². The third-order valence-corrected chi connectivity index (χ3v) is 7.84. The van der Waals surface area contributed by atoms with Gasteiger partial charge >= 0.3 is 0 Å². The lowest BCUT2D eigenvalue weighted by Crippen LogP contribution is -2.36. The predicted molar refractivity (Wildman–Crippen MR) is 146 cm³/mol. The largest absolute Gasteiger partial charge is 0.496 e. The zero-order chi connectivity index (χ0) is 26.6. The van der Waals surface area contributed by atoms with E-state index in [0.717, 1.165) is 28.5 Å². The van der Waals surface area contributed by atoms with Gasteiger partial charge in [-0.3, -0.25) is 0 Å². The number of hydrogen-bond donors (Lipinski definition) is 1. The Hall–Kier alpha value is -3.39. The number of methoxy groups -OCH3 is 2.